The van der Waals surface area contributed by atoms with Crippen molar-refractivity contribution in [3.05, 3.63) is 56.5 Å². The van der Waals surface area contributed by atoms with E-state index >= 15 is 0 Å². The van der Waals surface area contributed by atoms with Crippen molar-refractivity contribution in [2.24, 2.45) is 0 Å². The van der Waals surface area contributed by atoms with Gasteiger partial charge in [0.1, 0.15) is 5.82 Å². The lowest BCUT2D eigenvalue weighted by Crippen LogP contribution is -2.19. The largest absolute Gasteiger partial charge is 0.313 e. The van der Waals surface area contributed by atoms with E-state index in [9.17, 15) is 4.39 Å². The third-order valence-corrected chi connectivity index (χ3v) is 4.17. The van der Waals surface area contributed by atoms with Crippen LogP contribution in [-0.4, -0.2) is 7.05 Å². The van der Waals surface area contributed by atoms with E-state index in [0.29, 0.717) is 17.0 Å². The van der Waals surface area contributed by atoms with Gasteiger partial charge in [0.25, 0.3) is 0 Å². The first kappa shape index (κ1) is 13.5. The molecule has 0 saturated heterocycles. The summed E-state index contributed by atoms with van der Waals surface area (Å²) in [4.78, 5) is 0. The summed E-state index contributed by atoms with van der Waals surface area (Å²) in [7, 11) is 1.90. The number of halogens is 2. The van der Waals surface area contributed by atoms with E-state index in [2.05, 4.69) is 23.0 Å². The monoisotopic (exact) mass is 283 g/mol. The molecule has 4 heteroatoms. The van der Waals surface area contributed by atoms with Crippen LogP contribution in [0.15, 0.2) is 29.0 Å². The maximum absolute atomic E-state index is 13.8. The SMILES string of the molecule is CNC(Cc1ccc(Cl)cc1F)c1cscc1C. The highest BCUT2D eigenvalue weighted by atomic mass is 35.5. The summed E-state index contributed by atoms with van der Waals surface area (Å²) in [6.07, 6.45) is 0.622. The van der Waals surface area contributed by atoms with Gasteiger partial charge in [-0.2, -0.15) is 11.3 Å². The minimum atomic E-state index is -0.240. The van der Waals surface area contributed by atoms with Crippen LogP contribution in [0.5, 0.6) is 0 Å². The Bertz CT molecular complexity index is 538. The Morgan fingerprint density at radius 1 is 1.39 bits per heavy atom. The lowest BCUT2D eigenvalue weighted by atomic mass is 9.98. The molecule has 96 valence electrons. The summed E-state index contributed by atoms with van der Waals surface area (Å²) in [6, 6.07) is 4.98. The highest BCUT2D eigenvalue weighted by Gasteiger charge is 2.15. The van der Waals surface area contributed by atoms with Crippen LogP contribution in [0.3, 0.4) is 0 Å². The molecule has 1 nitrogen and oxygen atoms in total. The summed E-state index contributed by atoms with van der Waals surface area (Å²) in [6.45, 7) is 2.08. The molecule has 0 spiro atoms. The molecule has 1 N–H and O–H groups in total. The topological polar surface area (TPSA) is 12.0 Å². The first-order chi connectivity index (χ1) is 8.61. The Balaban J connectivity index is 2.23. The van der Waals surface area contributed by atoms with Gasteiger partial charge in [-0.3, -0.25) is 0 Å². The molecule has 0 radical (unpaired) electrons. The Morgan fingerprint density at radius 3 is 2.72 bits per heavy atom. The molecule has 0 aliphatic rings. The molecule has 0 aliphatic heterocycles. The van der Waals surface area contributed by atoms with E-state index in [1.54, 1.807) is 23.5 Å². The van der Waals surface area contributed by atoms with E-state index in [4.69, 9.17) is 11.6 Å². The fourth-order valence-corrected chi connectivity index (χ4v) is 3.07. The number of thiophene rings is 1. The molecule has 2 rings (SSSR count). The predicted octanol–water partition coefficient (Wildman–Crippen LogP) is 4.35. The summed E-state index contributed by atoms with van der Waals surface area (Å²) in [5, 5.41) is 7.90. The maximum Gasteiger partial charge on any atom is 0.127 e. The number of rotatable bonds is 4. The van der Waals surface area contributed by atoms with Crippen molar-refractivity contribution in [2.45, 2.75) is 19.4 Å². The van der Waals surface area contributed by atoms with Crippen molar-refractivity contribution >= 4 is 22.9 Å². The van der Waals surface area contributed by atoms with Gasteiger partial charge in [-0.05, 0) is 60.0 Å². The number of nitrogens with one attached hydrogen (secondary N) is 1. The van der Waals surface area contributed by atoms with E-state index in [1.807, 2.05) is 7.05 Å². The second kappa shape index (κ2) is 5.83. The van der Waals surface area contributed by atoms with Crippen LogP contribution in [0.1, 0.15) is 22.7 Å². The van der Waals surface area contributed by atoms with E-state index in [1.165, 1.54) is 17.2 Å². The summed E-state index contributed by atoms with van der Waals surface area (Å²) >= 11 is 7.43. The van der Waals surface area contributed by atoms with Gasteiger partial charge in [0, 0.05) is 11.1 Å². The molecule has 1 atom stereocenters. The minimum Gasteiger partial charge on any atom is -0.313 e. The third-order valence-electron chi connectivity index (χ3n) is 3.06. The highest BCUT2D eigenvalue weighted by Crippen LogP contribution is 2.26. The molecular formula is C14H15ClFNS. The van der Waals surface area contributed by atoms with Crippen LogP contribution in [0, 0.1) is 12.7 Å². The van der Waals surface area contributed by atoms with Gasteiger partial charge < -0.3 is 5.32 Å². The average molecular weight is 284 g/mol. The van der Waals surface area contributed by atoms with E-state index in [-0.39, 0.29) is 11.9 Å². The summed E-state index contributed by atoms with van der Waals surface area (Å²) in [5.41, 5.74) is 3.16. The Hall–Kier alpha value is -0.900. The molecule has 0 saturated carbocycles. The van der Waals surface area contributed by atoms with Crippen LogP contribution in [0.4, 0.5) is 4.39 Å². The second-order valence-electron chi connectivity index (χ2n) is 4.29. The number of benzene rings is 1. The maximum atomic E-state index is 13.8. The van der Waals surface area contributed by atoms with Gasteiger partial charge >= 0.3 is 0 Å². The zero-order chi connectivity index (χ0) is 13.1. The van der Waals surface area contributed by atoms with Gasteiger partial charge in [-0.15, -0.1) is 0 Å². The predicted molar refractivity (Wildman–Crippen MR) is 76.0 cm³/mol. The first-order valence-electron chi connectivity index (χ1n) is 5.75. The van der Waals surface area contributed by atoms with Crippen molar-refractivity contribution in [3.8, 4) is 0 Å². The van der Waals surface area contributed by atoms with Gasteiger partial charge in [-0.25, -0.2) is 4.39 Å². The molecular weight excluding hydrogens is 269 g/mol. The van der Waals surface area contributed by atoms with Gasteiger partial charge in [0.2, 0.25) is 0 Å². The quantitative estimate of drug-likeness (QED) is 0.879. The molecule has 0 bridgehead atoms. The molecule has 0 fully saturated rings. The number of hydrogen-bond acceptors (Lipinski definition) is 2. The van der Waals surface area contributed by atoms with Crippen molar-refractivity contribution in [3.63, 3.8) is 0 Å². The Labute approximate surface area is 116 Å². The fourth-order valence-electron chi connectivity index (χ4n) is 2.00. The number of likely N-dealkylation sites (N-methyl/N-ethyl adjacent to an activating group) is 1. The molecule has 0 aliphatic carbocycles. The van der Waals surface area contributed by atoms with Gasteiger partial charge in [0.05, 0.1) is 0 Å². The number of hydrogen-bond donors (Lipinski definition) is 1. The zero-order valence-corrected chi connectivity index (χ0v) is 11.9. The van der Waals surface area contributed by atoms with Crippen LogP contribution < -0.4 is 5.32 Å². The molecule has 2 aromatic rings. The fraction of sp³-hybridized carbons (Fsp3) is 0.286. The molecule has 0 amide bonds. The van der Waals surface area contributed by atoms with Crippen LogP contribution in [0.2, 0.25) is 5.02 Å². The number of aryl methyl sites for hydroxylation is 1. The Morgan fingerprint density at radius 2 is 2.17 bits per heavy atom. The van der Waals surface area contributed by atoms with Gasteiger partial charge in [0.15, 0.2) is 0 Å². The van der Waals surface area contributed by atoms with Crippen molar-refractivity contribution in [1.29, 1.82) is 0 Å². The minimum absolute atomic E-state index is 0.131. The van der Waals surface area contributed by atoms with E-state index < -0.39 is 0 Å². The summed E-state index contributed by atoms with van der Waals surface area (Å²) in [5.74, 6) is -0.240. The Kier molecular flexibility index (Phi) is 4.38. The summed E-state index contributed by atoms with van der Waals surface area (Å²) < 4.78 is 13.8. The molecule has 1 unspecified atom stereocenters. The van der Waals surface area contributed by atoms with Crippen molar-refractivity contribution < 1.29 is 4.39 Å². The molecule has 18 heavy (non-hydrogen) atoms. The van der Waals surface area contributed by atoms with Crippen LogP contribution in [-0.2, 0) is 6.42 Å². The van der Waals surface area contributed by atoms with Crippen molar-refractivity contribution in [1.82, 2.24) is 5.32 Å². The zero-order valence-electron chi connectivity index (χ0n) is 10.3. The lowest BCUT2D eigenvalue weighted by molar-refractivity contribution is 0.554. The normalized spacial score (nSPS) is 12.7. The van der Waals surface area contributed by atoms with Crippen molar-refractivity contribution in [2.75, 3.05) is 7.05 Å². The van der Waals surface area contributed by atoms with Gasteiger partial charge in [-0.1, -0.05) is 17.7 Å². The standard InChI is InChI=1S/C14H15ClFNS/c1-9-7-18-8-12(9)14(17-2)5-10-3-4-11(15)6-13(10)16/h3-4,6-8,14,17H,5H2,1-2H3. The smallest absolute Gasteiger partial charge is 0.127 e. The lowest BCUT2D eigenvalue weighted by Gasteiger charge is -2.17. The molecule has 1 aromatic heterocycles. The highest BCUT2D eigenvalue weighted by molar-refractivity contribution is 7.08. The third kappa shape index (κ3) is 2.91. The second-order valence-corrected chi connectivity index (χ2v) is 5.47. The van der Waals surface area contributed by atoms with E-state index in [0.717, 1.165) is 0 Å². The first-order valence-corrected chi connectivity index (χ1v) is 7.07. The van der Waals surface area contributed by atoms with Crippen LogP contribution >= 0.6 is 22.9 Å². The van der Waals surface area contributed by atoms with Crippen LogP contribution in [0.25, 0.3) is 0 Å². The molecule has 1 heterocycles. The molecule has 1 aromatic carbocycles. The average Bonchev–Trinajstić information content (AvgIpc) is 2.75.